The summed E-state index contributed by atoms with van der Waals surface area (Å²) in [5.41, 5.74) is 0.550. The molecule has 1 heterocycles. The van der Waals surface area contributed by atoms with E-state index in [0.717, 1.165) is 10.9 Å². The molecule has 1 N–H and O–H groups in total. The van der Waals surface area contributed by atoms with Gasteiger partial charge in [-0.15, -0.1) is 0 Å². The van der Waals surface area contributed by atoms with Gasteiger partial charge >= 0.3 is 0 Å². The predicted octanol–water partition coefficient (Wildman–Crippen LogP) is 2.66. The first-order chi connectivity index (χ1) is 9.08. The lowest BCUT2D eigenvalue weighted by Gasteiger charge is -2.21. The van der Waals surface area contributed by atoms with Crippen LogP contribution in [0.1, 0.15) is 30.6 Å². The molecule has 1 aromatic carbocycles. The number of benzene rings is 1. The molecule has 0 aliphatic rings. The number of nitrogens with zero attached hydrogens (tertiary/aromatic N) is 2. The topological polar surface area (TPSA) is 65.8 Å². The van der Waals surface area contributed by atoms with Crippen LogP contribution in [0.5, 0.6) is 0 Å². The number of fused-ring (bicyclic) bond motifs is 1. The number of nitriles is 1. The molecule has 2 aromatic rings. The number of carbonyl (C=O) groups excluding carboxylic acids is 1. The van der Waals surface area contributed by atoms with Crippen molar-refractivity contribution in [1.82, 2.24) is 10.3 Å². The maximum Gasteiger partial charge on any atom is 0.252 e. The van der Waals surface area contributed by atoms with Crippen LogP contribution < -0.4 is 5.32 Å². The van der Waals surface area contributed by atoms with E-state index < -0.39 is 5.54 Å². The molecule has 0 radical (unpaired) electrons. The molecule has 19 heavy (non-hydrogen) atoms. The van der Waals surface area contributed by atoms with E-state index in [1.165, 1.54) is 0 Å². The van der Waals surface area contributed by atoms with Crippen LogP contribution >= 0.6 is 0 Å². The molecule has 0 spiro atoms. The first-order valence-electron chi connectivity index (χ1n) is 6.16. The second kappa shape index (κ2) is 5.07. The Morgan fingerprint density at radius 3 is 2.95 bits per heavy atom. The predicted molar refractivity (Wildman–Crippen MR) is 73.5 cm³/mol. The summed E-state index contributed by atoms with van der Waals surface area (Å²) in [5.74, 6) is -0.239. The Morgan fingerprint density at radius 1 is 1.47 bits per heavy atom. The van der Waals surface area contributed by atoms with Crippen LogP contribution in [0.15, 0.2) is 36.5 Å². The van der Waals surface area contributed by atoms with Gasteiger partial charge in [0, 0.05) is 17.1 Å². The highest BCUT2D eigenvalue weighted by atomic mass is 16.1. The van der Waals surface area contributed by atoms with E-state index in [4.69, 9.17) is 5.26 Å². The van der Waals surface area contributed by atoms with Gasteiger partial charge in [-0.2, -0.15) is 5.26 Å². The van der Waals surface area contributed by atoms with Crippen molar-refractivity contribution in [2.75, 3.05) is 0 Å². The smallest absolute Gasteiger partial charge is 0.252 e. The monoisotopic (exact) mass is 253 g/mol. The molecule has 1 aromatic heterocycles. The minimum atomic E-state index is -0.832. The van der Waals surface area contributed by atoms with E-state index in [0.29, 0.717) is 12.0 Å². The number of nitrogens with one attached hydrogen (secondary N) is 1. The zero-order valence-electron chi connectivity index (χ0n) is 11.0. The van der Waals surface area contributed by atoms with E-state index in [1.54, 1.807) is 31.3 Å². The lowest BCUT2D eigenvalue weighted by atomic mass is 10.0. The van der Waals surface area contributed by atoms with E-state index >= 15 is 0 Å². The van der Waals surface area contributed by atoms with Crippen LogP contribution in [0.2, 0.25) is 0 Å². The quantitative estimate of drug-likeness (QED) is 0.914. The molecule has 0 bridgehead atoms. The van der Waals surface area contributed by atoms with E-state index in [2.05, 4.69) is 16.4 Å². The van der Waals surface area contributed by atoms with Crippen molar-refractivity contribution >= 4 is 16.8 Å². The second-order valence-corrected chi connectivity index (χ2v) is 4.66. The standard InChI is InChI=1S/C15H15N3O/c1-3-15(2,10-16)18-14(19)12-6-7-13-11(9-12)5-4-8-17-13/h4-9H,3H2,1-2H3,(H,18,19). The Kier molecular flexibility index (Phi) is 3.48. The second-order valence-electron chi connectivity index (χ2n) is 4.66. The van der Waals surface area contributed by atoms with Crippen molar-refractivity contribution in [3.05, 3.63) is 42.1 Å². The summed E-state index contributed by atoms with van der Waals surface area (Å²) < 4.78 is 0. The third kappa shape index (κ3) is 2.71. The zero-order valence-corrected chi connectivity index (χ0v) is 11.0. The number of hydrogen-bond donors (Lipinski definition) is 1. The van der Waals surface area contributed by atoms with Crippen molar-refractivity contribution in [3.8, 4) is 6.07 Å². The van der Waals surface area contributed by atoms with Gasteiger partial charge in [0.2, 0.25) is 0 Å². The number of hydrogen-bond acceptors (Lipinski definition) is 3. The third-order valence-corrected chi connectivity index (χ3v) is 3.21. The van der Waals surface area contributed by atoms with Crippen molar-refractivity contribution in [1.29, 1.82) is 5.26 Å². The van der Waals surface area contributed by atoms with Gasteiger partial charge < -0.3 is 5.32 Å². The number of rotatable bonds is 3. The molecular formula is C15H15N3O. The highest BCUT2D eigenvalue weighted by molar-refractivity contribution is 5.98. The maximum absolute atomic E-state index is 12.1. The van der Waals surface area contributed by atoms with Gasteiger partial charge in [-0.1, -0.05) is 13.0 Å². The molecule has 1 unspecified atom stereocenters. The molecule has 2 rings (SSSR count). The third-order valence-electron chi connectivity index (χ3n) is 3.21. The molecule has 96 valence electrons. The van der Waals surface area contributed by atoms with Gasteiger partial charge in [-0.05, 0) is 37.6 Å². The Morgan fingerprint density at radius 2 is 2.26 bits per heavy atom. The summed E-state index contributed by atoms with van der Waals surface area (Å²) in [5, 5.41) is 12.7. The van der Waals surface area contributed by atoms with Gasteiger partial charge in [-0.3, -0.25) is 9.78 Å². The summed E-state index contributed by atoms with van der Waals surface area (Å²) in [6.07, 6.45) is 2.27. The summed E-state index contributed by atoms with van der Waals surface area (Å²) in [4.78, 5) is 16.3. The fraction of sp³-hybridized carbons (Fsp3) is 0.267. The fourth-order valence-corrected chi connectivity index (χ4v) is 1.73. The van der Waals surface area contributed by atoms with Crippen LogP contribution in [-0.2, 0) is 0 Å². The van der Waals surface area contributed by atoms with Crippen LogP contribution in [0, 0.1) is 11.3 Å². The lowest BCUT2D eigenvalue weighted by Crippen LogP contribution is -2.44. The molecule has 0 aliphatic heterocycles. The van der Waals surface area contributed by atoms with Gasteiger partial charge in [0.05, 0.1) is 11.6 Å². The summed E-state index contributed by atoms with van der Waals surface area (Å²) in [6.45, 7) is 3.58. The van der Waals surface area contributed by atoms with Crippen LogP contribution in [-0.4, -0.2) is 16.4 Å². The molecule has 0 saturated heterocycles. The van der Waals surface area contributed by atoms with Gasteiger partial charge in [0.15, 0.2) is 0 Å². The highest BCUT2D eigenvalue weighted by Gasteiger charge is 2.24. The van der Waals surface area contributed by atoms with Crippen LogP contribution in [0.3, 0.4) is 0 Å². The minimum Gasteiger partial charge on any atom is -0.334 e. The van der Waals surface area contributed by atoms with Crippen LogP contribution in [0.4, 0.5) is 0 Å². The fourth-order valence-electron chi connectivity index (χ4n) is 1.73. The number of aromatic nitrogens is 1. The summed E-state index contributed by atoms with van der Waals surface area (Å²) >= 11 is 0. The van der Waals surface area contributed by atoms with Crippen molar-refractivity contribution in [2.45, 2.75) is 25.8 Å². The zero-order chi connectivity index (χ0) is 13.9. The molecule has 0 aliphatic carbocycles. The highest BCUT2D eigenvalue weighted by Crippen LogP contribution is 2.15. The molecular weight excluding hydrogens is 238 g/mol. The van der Waals surface area contributed by atoms with Gasteiger partial charge in [0.25, 0.3) is 5.91 Å². The van der Waals surface area contributed by atoms with Gasteiger partial charge in [-0.25, -0.2) is 0 Å². The van der Waals surface area contributed by atoms with Gasteiger partial charge in [0.1, 0.15) is 5.54 Å². The number of pyridine rings is 1. The maximum atomic E-state index is 12.1. The largest absolute Gasteiger partial charge is 0.334 e. The summed E-state index contributed by atoms with van der Waals surface area (Å²) in [6, 6.07) is 11.2. The molecule has 1 amide bonds. The number of amides is 1. The minimum absolute atomic E-state index is 0.239. The van der Waals surface area contributed by atoms with Crippen molar-refractivity contribution < 1.29 is 4.79 Å². The average Bonchev–Trinajstić information content (AvgIpc) is 2.46. The first-order valence-corrected chi connectivity index (χ1v) is 6.16. The molecule has 0 fully saturated rings. The van der Waals surface area contributed by atoms with Crippen molar-refractivity contribution in [3.63, 3.8) is 0 Å². The molecule has 4 nitrogen and oxygen atoms in total. The molecule has 4 heteroatoms. The molecule has 0 saturated carbocycles. The lowest BCUT2D eigenvalue weighted by molar-refractivity contribution is 0.0923. The van der Waals surface area contributed by atoms with Crippen molar-refractivity contribution in [2.24, 2.45) is 0 Å². The normalized spacial score (nSPS) is 13.5. The molecule has 1 atom stereocenters. The van der Waals surface area contributed by atoms with E-state index in [-0.39, 0.29) is 5.91 Å². The van der Waals surface area contributed by atoms with Crippen LogP contribution in [0.25, 0.3) is 10.9 Å². The Hall–Kier alpha value is -2.41. The van der Waals surface area contributed by atoms with E-state index in [1.807, 2.05) is 19.1 Å². The first kappa shape index (κ1) is 13.0. The average molecular weight is 253 g/mol. The SMILES string of the molecule is CCC(C)(C#N)NC(=O)c1ccc2ncccc2c1. The number of carbonyl (C=O) groups is 1. The Bertz CT molecular complexity index is 660. The Labute approximate surface area is 112 Å². The summed E-state index contributed by atoms with van der Waals surface area (Å²) in [7, 11) is 0. The Balaban J connectivity index is 2.30. The van der Waals surface area contributed by atoms with E-state index in [9.17, 15) is 4.79 Å².